The van der Waals surface area contributed by atoms with Crippen LogP contribution in [-0.4, -0.2) is 18.7 Å². The van der Waals surface area contributed by atoms with Crippen molar-refractivity contribution < 1.29 is 22.7 Å². The Labute approximate surface area is 128 Å². The maximum absolute atomic E-state index is 12.0. The van der Waals surface area contributed by atoms with Gasteiger partial charge in [-0.3, -0.25) is 4.79 Å². The Morgan fingerprint density at radius 2 is 1.64 bits per heavy atom. The molecule has 0 saturated carbocycles. The molecule has 0 aromatic heterocycles. The first-order valence-electron chi connectivity index (χ1n) is 7.04. The summed E-state index contributed by atoms with van der Waals surface area (Å²) in [6, 6.07) is 6.93. The highest BCUT2D eigenvalue weighted by Gasteiger charge is 2.27. The van der Waals surface area contributed by atoms with Crippen LogP contribution < -0.4 is 5.32 Å². The molecule has 1 aromatic rings. The number of ether oxygens (including phenoxy) is 1. The lowest BCUT2D eigenvalue weighted by atomic mass is 9.92. The molecule has 1 rings (SSSR count). The molecule has 0 saturated heterocycles. The second-order valence-corrected chi connectivity index (χ2v) is 6.44. The molecule has 1 aromatic carbocycles. The highest BCUT2D eigenvalue weighted by Crippen LogP contribution is 2.18. The van der Waals surface area contributed by atoms with E-state index in [1.54, 1.807) is 24.3 Å². The van der Waals surface area contributed by atoms with Crippen LogP contribution in [0.25, 0.3) is 0 Å². The van der Waals surface area contributed by atoms with Crippen molar-refractivity contribution >= 4 is 5.91 Å². The normalized spacial score (nSPS) is 12.3. The van der Waals surface area contributed by atoms with Crippen LogP contribution >= 0.6 is 0 Å². The van der Waals surface area contributed by atoms with Crippen LogP contribution in [0.15, 0.2) is 24.3 Å². The number of hydrogen-bond acceptors (Lipinski definition) is 2. The maximum atomic E-state index is 12.0. The van der Waals surface area contributed by atoms with E-state index in [9.17, 15) is 18.0 Å². The fourth-order valence-electron chi connectivity index (χ4n) is 1.78. The zero-order valence-corrected chi connectivity index (χ0v) is 13.1. The highest BCUT2D eigenvalue weighted by atomic mass is 19.4. The first-order chi connectivity index (χ1) is 10.1. The first-order valence-corrected chi connectivity index (χ1v) is 7.04. The van der Waals surface area contributed by atoms with E-state index in [1.165, 1.54) is 0 Å². The Morgan fingerprint density at radius 1 is 1.09 bits per heavy atom. The molecule has 0 atom stereocenters. The van der Waals surface area contributed by atoms with Crippen molar-refractivity contribution in [3.05, 3.63) is 35.4 Å². The first kappa shape index (κ1) is 18.5. The van der Waals surface area contributed by atoms with Crippen LogP contribution in [0.4, 0.5) is 13.2 Å². The fraction of sp³-hybridized carbons (Fsp3) is 0.562. The Hall–Kier alpha value is -1.56. The van der Waals surface area contributed by atoms with Gasteiger partial charge in [0, 0.05) is 13.0 Å². The summed E-state index contributed by atoms with van der Waals surface area (Å²) in [5.74, 6) is -0.0231. The summed E-state index contributed by atoms with van der Waals surface area (Å²) < 4.78 is 40.4. The number of carbonyl (C=O) groups excluding carboxylic acids is 1. The van der Waals surface area contributed by atoms with Gasteiger partial charge in [-0.05, 0) is 16.5 Å². The summed E-state index contributed by atoms with van der Waals surface area (Å²) in [5.41, 5.74) is 1.49. The summed E-state index contributed by atoms with van der Waals surface area (Å²) in [4.78, 5) is 11.7. The average molecular weight is 317 g/mol. The van der Waals surface area contributed by atoms with Gasteiger partial charge in [0.15, 0.2) is 0 Å². The molecular formula is C16H22F3NO2. The summed E-state index contributed by atoms with van der Waals surface area (Å²) in [7, 11) is 0. The number of alkyl halides is 3. The molecule has 3 nitrogen and oxygen atoms in total. The zero-order valence-electron chi connectivity index (χ0n) is 13.1. The molecule has 124 valence electrons. The summed E-state index contributed by atoms with van der Waals surface area (Å²) in [6.07, 6.45) is -3.87. The monoisotopic (exact) mass is 317 g/mol. The average Bonchev–Trinajstić information content (AvgIpc) is 2.34. The number of hydrogen-bond donors (Lipinski definition) is 1. The van der Waals surface area contributed by atoms with E-state index in [4.69, 9.17) is 0 Å². The lowest BCUT2D eigenvalue weighted by Crippen LogP contribution is -2.27. The lowest BCUT2D eigenvalue weighted by Gasteiger charge is -2.17. The zero-order chi connectivity index (χ0) is 16.8. The minimum atomic E-state index is -4.31. The molecular weight excluding hydrogens is 295 g/mol. The van der Waals surface area contributed by atoms with Crippen molar-refractivity contribution in [2.24, 2.45) is 5.41 Å². The smallest absolute Gasteiger partial charge is 0.367 e. The van der Waals surface area contributed by atoms with Gasteiger partial charge in [-0.15, -0.1) is 0 Å². The molecule has 0 aliphatic carbocycles. The second-order valence-electron chi connectivity index (χ2n) is 6.44. The Bertz CT molecular complexity index is 476. The van der Waals surface area contributed by atoms with Crippen molar-refractivity contribution in [2.45, 2.75) is 46.5 Å². The second kappa shape index (κ2) is 7.63. The van der Waals surface area contributed by atoms with E-state index in [0.717, 1.165) is 5.56 Å². The SMILES string of the molecule is CC(C)(C)CC(=O)NCc1ccc(COCC(F)(F)F)cc1. The molecule has 0 fully saturated rings. The summed E-state index contributed by atoms with van der Waals surface area (Å²) in [5, 5.41) is 2.82. The van der Waals surface area contributed by atoms with E-state index in [-0.39, 0.29) is 17.9 Å². The van der Waals surface area contributed by atoms with Crippen LogP contribution in [0.2, 0.25) is 0 Å². The molecule has 0 unspecified atom stereocenters. The van der Waals surface area contributed by atoms with Gasteiger partial charge >= 0.3 is 6.18 Å². The fourth-order valence-corrected chi connectivity index (χ4v) is 1.78. The highest BCUT2D eigenvalue weighted by molar-refractivity contribution is 5.76. The van der Waals surface area contributed by atoms with Crippen LogP contribution in [0.5, 0.6) is 0 Å². The van der Waals surface area contributed by atoms with Crippen molar-refractivity contribution in [2.75, 3.05) is 6.61 Å². The van der Waals surface area contributed by atoms with Crippen molar-refractivity contribution in [3.63, 3.8) is 0 Å². The number of rotatable bonds is 6. The van der Waals surface area contributed by atoms with Crippen molar-refractivity contribution in [1.82, 2.24) is 5.32 Å². The topological polar surface area (TPSA) is 38.3 Å². The minimum Gasteiger partial charge on any atom is -0.367 e. The molecule has 1 N–H and O–H groups in total. The van der Waals surface area contributed by atoms with Gasteiger partial charge in [-0.1, -0.05) is 45.0 Å². The predicted octanol–water partition coefficient (Wildman–Crippen LogP) is 3.82. The van der Waals surface area contributed by atoms with E-state index < -0.39 is 12.8 Å². The van der Waals surface area contributed by atoms with E-state index in [1.807, 2.05) is 20.8 Å². The van der Waals surface area contributed by atoms with Gasteiger partial charge in [0.25, 0.3) is 0 Å². The molecule has 22 heavy (non-hydrogen) atoms. The van der Waals surface area contributed by atoms with Crippen LogP contribution in [0.3, 0.4) is 0 Å². The van der Waals surface area contributed by atoms with E-state index >= 15 is 0 Å². The third-order valence-corrected chi connectivity index (χ3v) is 2.74. The molecule has 0 spiro atoms. The molecule has 1 amide bonds. The lowest BCUT2D eigenvalue weighted by molar-refractivity contribution is -0.176. The Balaban J connectivity index is 2.37. The molecule has 6 heteroatoms. The van der Waals surface area contributed by atoms with E-state index in [0.29, 0.717) is 18.5 Å². The number of nitrogens with one attached hydrogen (secondary N) is 1. The standard InChI is InChI=1S/C16H22F3NO2/c1-15(2,3)8-14(21)20-9-12-4-6-13(7-5-12)10-22-11-16(17,18)19/h4-7H,8-11H2,1-3H3,(H,20,21). The number of amides is 1. The van der Waals surface area contributed by atoms with Crippen molar-refractivity contribution in [3.8, 4) is 0 Å². The number of carbonyl (C=O) groups is 1. The largest absolute Gasteiger partial charge is 0.411 e. The van der Waals surface area contributed by atoms with Gasteiger partial charge < -0.3 is 10.1 Å². The summed E-state index contributed by atoms with van der Waals surface area (Å²) >= 11 is 0. The maximum Gasteiger partial charge on any atom is 0.411 e. The Kier molecular flexibility index (Phi) is 6.41. The van der Waals surface area contributed by atoms with Crippen LogP contribution in [-0.2, 0) is 22.7 Å². The third kappa shape index (κ3) is 8.67. The molecule has 0 bridgehead atoms. The number of halogens is 3. The van der Waals surface area contributed by atoms with Crippen molar-refractivity contribution in [1.29, 1.82) is 0 Å². The van der Waals surface area contributed by atoms with Crippen LogP contribution in [0.1, 0.15) is 38.3 Å². The van der Waals surface area contributed by atoms with Gasteiger partial charge in [0.05, 0.1) is 6.61 Å². The minimum absolute atomic E-state index is 0.0231. The predicted molar refractivity (Wildman–Crippen MR) is 78.1 cm³/mol. The van der Waals surface area contributed by atoms with Gasteiger partial charge in [-0.2, -0.15) is 13.2 Å². The summed E-state index contributed by atoms with van der Waals surface area (Å²) in [6.45, 7) is 5.03. The van der Waals surface area contributed by atoms with Crippen LogP contribution in [0, 0.1) is 5.41 Å². The van der Waals surface area contributed by atoms with Gasteiger partial charge in [0.1, 0.15) is 6.61 Å². The van der Waals surface area contributed by atoms with E-state index in [2.05, 4.69) is 10.1 Å². The molecule has 0 radical (unpaired) electrons. The molecule has 0 heterocycles. The molecule has 0 aliphatic heterocycles. The van der Waals surface area contributed by atoms with Gasteiger partial charge in [0.2, 0.25) is 5.91 Å². The molecule has 0 aliphatic rings. The number of benzene rings is 1. The quantitative estimate of drug-likeness (QED) is 0.866. The third-order valence-electron chi connectivity index (χ3n) is 2.74. The Morgan fingerprint density at radius 3 is 2.14 bits per heavy atom. The van der Waals surface area contributed by atoms with Gasteiger partial charge in [-0.25, -0.2) is 0 Å².